The summed E-state index contributed by atoms with van der Waals surface area (Å²) in [4.78, 5) is 7.90. The van der Waals surface area contributed by atoms with Crippen molar-refractivity contribution in [3.63, 3.8) is 0 Å². The first kappa shape index (κ1) is 12.2. The fraction of sp³-hybridized carbons (Fsp3) is 0.500. The number of rotatable bonds is 2. The van der Waals surface area contributed by atoms with Gasteiger partial charge in [-0.05, 0) is 0 Å². The molecule has 1 saturated heterocycles. The Balaban J connectivity index is 2.04. The van der Waals surface area contributed by atoms with E-state index >= 15 is 0 Å². The molecule has 9 heteroatoms. The van der Waals surface area contributed by atoms with Gasteiger partial charge in [-0.25, -0.2) is 9.97 Å². The van der Waals surface area contributed by atoms with Gasteiger partial charge < -0.3 is 21.1 Å². The summed E-state index contributed by atoms with van der Waals surface area (Å²) >= 11 is 0. The van der Waals surface area contributed by atoms with Crippen LogP contribution in [0.1, 0.15) is 11.7 Å². The van der Waals surface area contributed by atoms with Gasteiger partial charge in [0.15, 0.2) is 11.3 Å². The van der Waals surface area contributed by atoms with E-state index in [-0.39, 0.29) is 12.4 Å². The lowest BCUT2D eigenvalue weighted by molar-refractivity contribution is 0.0191. The number of aliphatic hydroxyl groups excluding tert-OH is 3. The van der Waals surface area contributed by atoms with Crippen molar-refractivity contribution >= 4 is 16.9 Å². The van der Waals surface area contributed by atoms with Crippen molar-refractivity contribution in [1.29, 1.82) is 0 Å². The van der Waals surface area contributed by atoms with Crippen LogP contribution in [-0.4, -0.2) is 60.3 Å². The van der Waals surface area contributed by atoms with Gasteiger partial charge in [-0.2, -0.15) is 5.10 Å². The van der Waals surface area contributed by atoms with Crippen molar-refractivity contribution in [3.8, 4) is 0 Å². The normalized spacial score (nSPS) is 31.1. The Morgan fingerprint density at radius 3 is 2.68 bits per heavy atom. The van der Waals surface area contributed by atoms with Crippen LogP contribution >= 0.6 is 0 Å². The highest BCUT2D eigenvalue weighted by Gasteiger charge is 2.43. The summed E-state index contributed by atoms with van der Waals surface area (Å²) in [5.74, 6) is 0.235. The van der Waals surface area contributed by atoms with E-state index in [1.165, 1.54) is 6.33 Å². The topological polar surface area (TPSA) is 153 Å². The van der Waals surface area contributed by atoms with Crippen molar-refractivity contribution in [2.75, 3.05) is 12.3 Å². The summed E-state index contributed by atoms with van der Waals surface area (Å²) in [6.07, 6.45) is -0.831. The zero-order valence-electron chi connectivity index (χ0n) is 9.85. The number of H-pyrrole nitrogens is 1. The number of anilines is 1. The molecule has 4 atom stereocenters. The van der Waals surface area contributed by atoms with E-state index in [1.54, 1.807) is 0 Å². The second kappa shape index (κ2) is 4.38. The molecule has 2 aromatic rings. The third-order valence-electron chi connectivity index (χ3n) is 3.40. The van der Waals surface area contributed by atoms with Gasteiger partial charge in [0.25, 0.3) is 0 Å². The highest BCUT2D eigenvalue weighted by molar-refractivity contribution is 5.85. The number of nitrogens with zero attached hydrogens (tertiary/aromatic N) is 3. The molecule has 1 aliphatic heterocycles. The lowest BCUT2D eigenvalue weighted by Crippen LogP contribution is -2.35. The van der Waals surface area contributed by atoms with Crippen LogP contribution in [0.3, 0.4) is 0 Å². The van der Waals surface area contributed by atoms with Gasteiger partial charge in [-0.1, -0.05) is 0 Å². The summed E-state index contributed by atoms with van der Waals surface area (Å²) in [6, 6.07) is -1.20. The van der Waals surface area contributed by atoms with E-state index in [0.29, 0.717) is 16.7 Å². The Labute approximate surface area is 107 Å². The third-order valence-corrected chi connectivity index (χ3v) is 3.40. The quantitative estimate of drug-likeness (QED) is 0.353. The molecule has 1 fully saturated rings. The Hall–Kier alpha value is -1.81. The van der Waals surface area contributed by atoms with E-state index in [4.69, 9.17) is 10.8 Å². The molecule has 19 heavy (non-hydrogen) atoms. The van der Waals surface area contributed by atoms with Crippen LogP contribution < -0.4 is 11.1 Å². The number of aromatic nitrogens is 4. The molecule has 9 nitrogen and oxygen atoms in total. The lowest BCUT2D eigenvalue weighted by Gasteiger charge is -2.14. The highest BCUT2D eigenvalue weighted by Crippen LogP contribution is 2.30. The van der Waals surface area contributed by atoms with Crippen LogP contribution in [0.25, 0.3) is 11.0 Å². The van der Waals surface area contributed by atoms with Gasteiger partial charge in [0.2, 0.25) is 0 Å². The maximum atomic E-state index is 10.0. The van der Waals surface area contributed by atoms with Gasteiger partial charge in [0, 0.05) is 0 Å². The first-order chi connectivity index (χ1) is 9.13. The van der Waals surface area contributed by atoms with E-state index in [0.717, 1.165) is 0 Å². The van der Waals surface area contributed by atoms with Gasteiger partial charge >= 0.3 is 0 Å². The molecule has 1 aliphatic rings. The van der Waals surface area contributed by atoms with Crippen LogP contribution in [0, 0.1) is 0 Å². The fourth-order valence-corrected chi connectivity index (χ4v) is 2.36. The number of hydrogen-bond acceptors (Lipinski definition) is 8. The number of hydrogen-bond donors (Lipinski definition) is 6. The molecule has 0 aliphatic carbocycles. The van der Waals surface area contributed by atoms with Crippen LogP contribution in [-0.2, 0) is 0 Å². The van der Waals surface area contributed by atoms with Crippen molar-refractivity contribution < 1.29 is 15.3 Å². The van der Waals surface area contributed by atoms with E-state index in [9.17, 15) is 10.2 Å². The SMILES string of the molecule is Nc1ncnc2c([C@@H]3N[C@H](CO)[C@@H](O)[C@H]3O)[nH]nc12. The van der Waals surface area contributed by atoms with E-state index in [2.05, 4.69) is 25.5 Å². The van der Waals surface area contributed by atoms with E-state index in [1.807, 2.05) is 0 Å². The van der Waals surface area contributed by atoms with Crippen molar-refractivity contribution in [3.05, 3.63) is 12.0 Å². The van der Waals surface area contributed by atoms with Crippen molar-refractivity contribution in [2.45, 2.75) is 24.3 Å². The van der Waals surface area contributed by atoms with Gasteiger partial charge in [0.05, 0.1) is 30.5 Å². The Morgan fingerprint density at radius 2 is 2.00 bits per heavy atom. The molecule has 3 rings (SSSR count). The first-order valence-electron chi connectivity index (χ1n) is 5.81. The zero-order chi connectivity index (χ0) is 13.6. The summed E-state index contributed by atoms with van der Waals surface area (Å²) in [5, 5.41) is 38.6. The van der Waals surface area contributed by atoms with Crippen molar-refractivity contribution in [2.24, 2.45) is 0 Å². The first-order valence-corrected chi connectivity index (χ1v) is 5.81. The molecule has 0 saturated carbocycles. The summed E-state index contributed by atoms with van der Waals surface area (Å²) in [6.45, 7) is -0.280. The fourth-order valence-electron chi connectivity index (χ4n) is 2.36. The van der Waals surface area contributed by atoms with Crippen LogP contribution in [0.2, 0.25) is 0 Å². The molecule has 0 spiro atoms. The van der Waals surface area contributed by atoms with Gasteiger partial charge in [0.1, 0.15) is 17.9 Å². The van der Waals surface area contributed by atoms with Crippen LogP contribution in [0.4, 0.5) is 5.82 Å². The minimum Gasteiger partial charge on any atom is -0.395 e. The number of fused-ring (bicyclic) bond motifs is 1. The largest absolute Gasteiger partial charge is 0.395 e. The number of nitrogen functional groups attached to an aromatic ring is 1. The second-order valence-electron chi connectivity index (χ2n) is 4.51. The standard InChI is InChI=1S/C10H14N6O3/c11-10-7-4(12-2-13-10)5(15-16-7)6-9(19)8(18)3(1-17)14-6/h2-3,6,8-9,14,17-19H,1H2,(H,15,16)(H2,11,12,13)/t3-,6+,8-,9+/m1/s1. The van der Waals surface area contributed by atoms with E-state index < -0.39 is 24.3 Å². The second-order valence-corrected chi connectivity index (χ2v) is 4.51. The Kier molecular flexibility index (Phi) is 2.82. The van der Waals surface area contributed by atoms with Crippen LogP contribution in [0.15, 0.2) is 6.33 Å². The number of aromatic amines is 1. The highest BCUT2D eigenvalue weighted by atomic mass is 16.3. The molecule has 2 aromatic heterocycles. The lowest BCUT2D eigenvalue weighted by atomic mass is 10.1. The molecule has 0 aromatic carbocycles. The summed E-state index contributed by atoms with van der Waals surface area (Å²) in [7, 11) is 0. The minimum absolute atomic E-state index is 0.235. The average Bonchev–Trinajstić information content (AvgIpc) is 2.94. The molecule has 0 bridgehead atoms. The number of nitrogens with two attached hydrogens (primary N) is 1. The third kappa shape index (κ3) is 1.75. The average molecular weight is 266 g/mol. The Bertz CT molecular complexity index is 602. The monoisotopic (exact) mass is 266 g/mol. The smallest absolute Gasteiger partial charge is 0.155 e. The summed E-state index contributed by atoms with van der Waals surface area (Å²) in [5.41, 5.74) is 7.08. The van der Waals surface area contributed by atoms with Crippen molar-refractivity contribution in [1.82, 2.24) is 25.5 Å². The predicted molar refractivity (Wildman–Crippen MR) is 64.9 cm³/mol. The van der Waals surface area contributed by atoms with Gasteiger partial charge in [-0.3, -0.25) is 10.4 Å². The molecule has 7 N–H and O–H groups in total. The zero-order valence-corrected chi connectivity index (χ0v) is 9.85. The molecular formula is C10H14N6O3. The molecule has 102 valence electrons. The number of nitrogens with one attached hydrogen (secondary N) is 2. The minimum atomic E-state index is -1.07. The maximum absolute atomic E-state index is 10.0. The number of aliphatic hydroxyl groups is 3. The molecule has 3 heterocycles. The molecule has 0 unspecified atom stereocenters. The predicted octanol–water partition coefficient (Wildman–Crippen LogP) is -2.34. The molecule has 0 radical (unpaired) electrons. The molecule has 0 amide bonds. The Morgan fingerprint density at radius 1 is 1.21 bits per heavy atom. The summed E-state index contributed by atoms with van der Waals surface area (Å²) < 4.78 is 0. The van der Waals surface area contributed by atoms with Crippen LogP contribution in [0.5, 0.6) is 0 Å². The van der Waals surface area contributed by atoms with Gasteiger partial charge in [-0.15, -0.1) is 0 Å². The molecular weight excluding hydrogens is 252 g/mol. The maximum Gasteiger partial charge on any atom is 0.155 e.